The van der Waals surface area contributed by atoms with Gasteiger partial charge in [0.25, 0.3) is 7.82 Å². The lowest BCUT2D eigenvalue weighted by Crippen LogP contribution is -2.47. The molecule has 2 aliphatic carbocycles. The van der Waals surface area contributed by atoms with E-state index in [0.717, 1.165) is 18.4 Å². The summed E-state index contributed by atoms with van der Waals surface area (Å²) in [6, 6.07) is 0. The van der Waals surface area contributed by atoms with Gasteiger partial charge in [0.15, 0.2) is 0 Å². The van der Waals surface area contributed by atoms with Crippen LogP contribution in [0.2, 0.25) is 0 Å². The summed E-state index contributed by atoms with van der Waals surface area (Å²) in [5.74, 6) is 1.21. The molecule has 0 radical (unpaired) electrons. The Hall–Kier alpha value is -0.260. The predicted octanol–water partition coefficient (Wildman–Crippen LogP) is 3.84. The Labute approximate surface area is 174 Å². The largest absolute Gasteiger partial charge is 0.790 e. The highest BCUT2D eigenvalue weighted by atomic mass is 31.3. The highest BCUT2D eigenvalue weighted by Gasteiger charge is 2.56. The molecule has 29 heavy (non-hydrogen) atoms. The third kappa shape index (κ3) is 5.92. The summed E-state index contributed by atoms with van der Waals surface area (Å²) in [4.78, 5) is 32.2. The number of rotatable bonds is 9. The predicted molar refractivity (Wildman–Crippen MR) is 106 cm³/mol. The average Bonchev–Trinajstić information content (AvgIpc) is 3.01. The Balaban J connectivity index is 2.00. The second-order valence-corrected chi connectivity index (χ2v) is 11.8. The van der Waals surface area contributed by atoms with Crippen LogP contribution in [0.5, 0.6) is 0 Å². The molecule has 7 nitrogen and oxygen atoms in total. The fourth-order valence-corrected chi connectivity index (χ4v) is 7.04. The van der Waals surface area contributed by atoms with Crippen molar-refractivity contribution < 1.29 is 32.6 Å². The van der Waals surface area contributed by atoms with Gasteiger partial charge in [0.1, 0.15) is 0 Å². The van der Waals surface area contributed by atoms with Crippen LogP contribution in [-0.2, 0) is 18.0 Å². The van der Waals surface area contributed by atoms with Gasteiger partial charge in [-0.05, 0) is 75.0 Å². The molecular weight excluding hydrogens is 414 g/mol. The average molecular weight is 447 g/mol. The molecule has 5 unspecified atom stereocenters. The first-order valence-corrected chi connectivity index (χ1v) is 13.1. The SMILES string of the molecule is C=C(C)C12CCCC1C(C)(CC/C(C)=C/COP(=O)([O-])OP(=O)([O-])[O-])C(C)CC2. The zero-order chi connectivity index (χ0) is 22.1. The van der Waals surface area contributed by atoms with Crippen LogP contribution in [0.3, 0.4) is 0 Å². The summed E-state index contributed by atoms with van der Waals surface area (Å²) in [6.07, 6.45) is 9.45. The monoisotopic (exact) mass is 447 g/mol. The van der Waals surface area contributed by atoms with Gasteiger partial charge in [0.05, 0.1) is 14.4 Å². The minimum Gasteiger partial charge on any atom is -0.790 e. The van der Waals surface area contributed by atoms with Gasteiger partial charge in [-0.2, -0.15) is 0 Å². The van der Waals surface area contributed by atoms with Gasteiger partial charge >= 0.3 is 0 Å². The van der Waals surface area contributed by atoms with Gasteiger partial charge in [0.2, 0.25) is 0 Å². The third-order valence-corrected chi connectivity index (χ3v) is 9.57. The molecule has 0 heterocycles. The van der Waals surface area contributed by atoms with E-state index in [0.29, 0.717) is 11.8 Å². The number of hydrogen-bond donors (Lipinski definition) is 0. The first-order valence-electron chi connectivity index (χ1n) is 10.2. The van der Waals surface area contributed by atoms with Crippen molar-refractivity contribution in [3.05, 3.63) is 23.8 Å². The quantitative estimate of drug-likeness (QED) is 0.389. The van der Waals surface area contributed by atoms with Crippen LogP contribution in [0.25, 0.3) is 0 Å². The Morgan fingerprint density at radius 3 is 2.45 bits per heavy atom. The minimum atomic E-state index is -5.65. The summed E-state index contributed by atoms with van der Waals surface area (Å²) >= 11 is 0. The first kappa shape index (κ1) is 25.0. The lowest BCUT2D eigenvalue weighted by Gasteiger charge is -2.55. The molecule has 0 aromatic rings. The van der Waals surface area contributed by atoms with E-state index in [4.69, 9.17) is 0 Å². The smallest absolute Gasteiger partial charge is 0.272 e. The van der Waals surface area contributed by atoms with E-state index >= 15 is 0 Å². The van der Waals surface area contributed by atoms with Crippen molar-refractivity contribution in [1.82, 2.24) is 0 Å². The molecule has 0 bridgehead atoms. The van der Waals surface area contributed by atoms with Crippen LogP contribution >= 0.6 is 15.6 Å². The third-order valence-electron chi connectivity index (χ3n) is 7.50. The summed E-state index contributed by atoms with van der Waals surface area (Å²) in [5, 5.41) is 0. The minimum absolute atomic E-state index is 0.179. The molecule has 0 aromatic carbocycles. The lowest BCUT2D eigenvalue weighted by molar-refractivity contribution is -0.339. The van der Waals surface area contributed by atoms with Crippen LogP contribution in [-0.4, -0.2) is 6.61 Å². The van der Waals surface area contributed by atoms with Gasteiger partial charge < -0.3 is 23.8 Å². The van der Waals surface area contributed by atoms with Crippen molar-refractivity contribution in [1.29, 1.82) is 0 Å². The van der Waals surface area contributed by atoms with Crippen LogP contribution in [0, 0.1) is 22.7 Å². The van der Waals surface area contributed by atoms with Gasteiger partial charge in [0, 0.05) is 0 Å². The number of phosphoric ester groups is 1. The molecule has 0 N–H and O–H groups in total. The molecule has 168 valence electrons. The molecule has 2 rings (SSSR count). The lowest BCUT2D eigenvalue weighted by atomic mass is 9.50. The fourth-order valence-electron chi connectivity index (χ4n) is 5.61. The van der Waals surface area contributed by atoms with Crippen molar-refractivity contribution in [3.8, 4) is 0 Å². The molecule has 2 fully saturated rings. The highest BCUT2D eigenvalue weighted by Crippen LogP contribution is 2.65. The maximum absolute atomic E-state index is 11.3. The van der Waals surface area contributed by atoms with Gasteiger partial charge in [-0.25, -0.2) is 0 Å². The van der Waals surface area contributed by atoms with E-state index in [9.17, 15) is 23.8 Å². The van der Waals surface area contributed by atoms with E-state index in [1.165, 1.54) is 37.7 Å². The Morgan fingerprint density at radius 1 is 1.21 bits per heavy atom. The fraction of sp³-hybridized carbons (Fsp3) is 0.800. The van der Waals surface area contributed by atoms with Crippen LogP contribution in [0.1, 0.15) is 72.6 Å². The van der Waals surface area contributed by atoms with Gasteiger partial charge in [-0.1, -0.05) is 44.1 Å². The molecule has 0 aromatic heterocycles. The molecule has 5 atom stereocenters. The zero-order valence-corrected chi connectivity index (χ0v) is 19.6. The van der Waals surface area contributed by atoms with Crippen molar-refractivity contribution in [3.63, 3.8) is 0 Å². The van der Waals surface area contributed by atoms with Crippen molar-refractivity contribution in [2.45, 2.75) is 72.6 Å². The van der Waals surface area contributed by atoms with Gasteiger partial charge in [-0.3, -0.25) is 8.88 Å². The van der Waals surface area contributed by atoms with E-state index in [2.05, 4.69) is 36.2 Å². The number of hydrogen-bond acceptors (Lipinski definition) is 7. The zero-order valence-electron chi connectivity index (χ0n) is 17.8. The Kier molecular flexibility index (Phi) is 7.83. The molecule has 9 heteroatoms. The van der Waals surface area contributed by atoms with Crippen molar-refractivity contribution in [2.24, 2.45) is 22.7 Å². The maximum Gasteiger partial charge on any atom is 0.272 e. The maximum atomic E-state index is 11.3. The summed E-state index contributed by atoms with van der Waals surface area (Å²) in [6.45, 7) is 12.7. The molecular formula is C20H33O7P2-3. The standard InChI is InChI=1S/C20H36O7P2/c1-15(2)20-11-6-7-18(20)19(5,17(4)9-13-20)12-8-16(3)10-14-26-29(24,25)27-28(21,22)23/h10,17-18H,1,6-9,11-14H2,2-5H3,(H,24,25)(H2,21,22,23)/p-3/b16-10+. The Morgan fingerprint density at radius 2 is 1.86 bits per heavy atom. The van der Waals surface area contributed by atoms with E-state index in [1.54, 1.807) is 6.08 Å². The highest BCUT2D eigenvalue weighted by molar-refractivity contribution is 7.58. The summed E-state index contributed by atoms with van der Waals surface area (Å²) < 4.78 is 29.7. The van der Waals surface area contributed by atoms with E-state index in [1.807, 2.05) is 6.92 Å². The van der Waals surface area contributed by atoms with E-state index in [-0.39, 0.29) is 17.4 Å². The normalized spacial score (nSPS) is 35.2. The first-order chi connectivity index (χ1) is 13.2. The molecule has 0 aliphatic heterocycles. The summed E-state index contributed by atoms with van der Waals surface area (Å²) in [7, 11) is -10.8. The topological polar surface area (TPSA) is 122 Å². The molecule has 2 saturated carbocycles. The molecule has 0 spiro atoms. The van der Waals surface area contributed by atoms with Crippen molar-refractivity contribution in [2.75, 3.05) is 6.61 Å². The Bertz CT molecular complexity index is 743. The van der Waals surface area contributed by atoms with Gasteiger partial charge in [-0.15, -0.1) is 0 Å². The molecule has 0 saturated heterocycles. The molecule has 2 aliphatic rings. The molecule has 0 amide bonds. The van der Waals surface area contributed by atoms with E-state index < -0.39 is 15.6 Å². The van der Waals surface area contributed by atoms with Crippen LogP contribution in [0.15, 0.2) is 23.8 Å². The summed E-state index contributed by atoms with van der Waals surface area (Å²) in [5.41, 5.74) is 2.69. The second-order valence-electron chi connectivity index (χ2n) is 9.15. The number of fused-ring (bicyclic) bond motifs is 1. The van der Waals surface area contributed by atoms with Crippen LogP contribution in [0.4, 0.5) is 0 Å². The van der Waals surface area contributed by atoms with Crippen molar-refractivity contribution >= 4 is 15.6 Å². The second kappa shape index (κ2) is 9.08. The van der Waals surface area contributed by atoms with Crippen LogP contribution < -0.4 is 14.7 Å². The number of phosphoric acid groups is 2. The number of allylic oxidation sites excluding steroid dienone is 2.